The first-order chi connectivity index (χ1) is 12.8. The molecule has 146 valence electrons. The molecule has 8 heteroatoms. The van der Waals surface area contributed by atoms with E-state index in [0.717, 1.165) is 10.1 Å². The smallest absolute Gasteiger partial charge is 0.242 e. The van der Waals surface area contributed by atoms with Crippen molar-refractivity contribution in [2.24, 2.45) is 0 Å². The highest BCUT2D eigenvalue weighted by Gasteiger charge is 2.17. The minimum Gasteiger partial charge on any atom is -0.492 e. The summed E-state index contributed by atoms with van der Waals surface area (Å²) in [6, 6.07) is 15.7. The standard InChI is InChI=1S/C19H25N3O4S/c1-21(2)27(24,25)18-11-7-8-16(14-18)20-19(23)15-22(3)12-13-26-17-9-5-4-6-10-17/h4-11,14H,12-13,15H2,1-3H3,(H,20,23). The van der Waals surface area contributed by atoms with E-state index >= 15 is 0 Å². The molecule has 0 unspecified atom stereocenters. The fourth-order valence-corrected chi connectivity index (χ4v) is 3.25. The van der Waals surface area contributed by atoms with Gasteiger partial charge in [0.15, 0.2) is 0 Å². The Labute approximate surface area is 160 Å². The highest BCUT2D eigenvalue weighted by Crippen LogP contribution is 2.18. The molecular weight excluding hydrogens is 366 g/mol. The highest BCUT2D eigenvalue weighted by atomic mass is 32.2. The molecular formula is C19H25N3O4S. The van der Waals surface area contributed by atoms with Gasteiger partial charge in [-0.1, -0.05) is 24.3 Å². The predicted octanol–water partition coefficient (Wildman–Crippen LogP) is 1.89. The van der Waals surface area contributed by atoms with E-state index in [1.165, 1.54) is 26.2 Å². The third-order valence-corrected chi connectivity index (χ3v) is 5.61. The Kier molecular flexibility index (Phi) is 7.35. The van der Waals surface area contributed by atoms with Gasteiger partial charge < -0.3 is 10.1 Å². The molecule has 0 spiro atoms. The molecule has 2 aromatic rings. The Morgan fingerprint density at radius 1 is 1.04 bits per heavy atom. The van der Waals surface area contributed by atoms with Gasteiger partial charge in [0, 0.05) is 26.3 Å². The Morgan fingerprint density at radius 2 is 1.74 bits per heavy atom. The van der Waals surface area contributed by atoms with Crippen molar-refractivity contribution in [1.29, 1.82) is 0 Å². The van der Waals surface area contributed by atoms with Gasteiger partial charge in [0.05, 0.1) is 11.4 Å². The molecule has 0 heterocycles. The van der Waals surface area contributed by atoms with Gasteiger partial charge in [-0.05, 0) is 37.4 Å². The number of nitrogens with zero attached hydrogens (tertiary/aromatic N) is 2. The maximum absolute atomic E-state index is 12.2. The molecule has 0 atom stereocenters. The van der Waals surface area contributed by atoms with Crippen LogP contribution in [0.25, 0.3) is 0 Å². The molecule has 0 aliphatic rings. The lowest BCUT2D eigenvalue weighted by molar-refractivity contribution is -0.117. The summed E-state index contributed by atoms with van der Waals surface area (Å²) in [6.07, 6.45) is 0. The number of rotatable bonds is 9. The summed E-state index contributed by atoms with van der Waals surface area (Å²) in [6.45, 7) is 1.21. The van der Waals surface area contributed by atoms with Crippen LogP contribution in [0.15, 0.2) is 59.5 Å². The molecule has 0 aliphatic carbocycles. The van der Waals surface area contributed by atoms with Crippen LogP contribution in [0.3, 0.4) is 0 Å². The van der Waals surface area contributed by atoms with Crippen molar-refractivity contribution in [3.63, 3.8) is 0 Å². The van der Waals surface area contributed by atoms with Crippen LogP contribution in [-0.2, 0) is 14.8 Å². The third kappa shape index (κ3) is 6.35. The molecule has 0 saturated carbocycles. The molecule has 1 amide bonds. The molecule has 1 N–H and O–H groups in total. The van der Waals surface area contributed by atoms with Crippen molar-refractivity contribution in [3.05, 3.63) is 54.6 Å². The monoisotopic (exact) mass is 391 g/mol. The average Bonchev–Trinajstić information content (AvgIpc) is 2.62. The number of likely N-dealkylation sites (N-methyl/N-ethyl adjacent to an activating group) is 1. The van der Waals surface area contributed by atoms with E-state index in [9.17, 15) is 13.2 Å². The highest BCUT2D eigenvalue weighted by molar-refractivity contribution is 7.89. The van der Waals surface area contributed by atoms with E-state index in [2.05, 4.69) is 5.32 Å². The number of benzene rings is 2. The maximum atomic E-state index is 12.2. The van der Waals surface area contributed by atoms with Crippen molar-refractivity contribution in [2.45, 2.75) is 4.90 Å². The van der Waals surface area contributed by atoms with E-state index in [4.69, 9.17) is 4.74 Å². The van der Waals surface area contributed by atoms with Gasteiger partial charge in [0.25, 0.3) is 0 Å². The second-order valence-electron chi connectivity index (χ2n) is 6.26. The summed E-state index contributed by atoms with van der Waals surface area (Å²) in [7, 11) is 1.21. The molecule has 27 heavy (non-hydrogen) atoms. The first-order valence-electron chi connectivity index (χ1n) is 8.48. The lowest BCUT2D eigenvalue weighted by Gasteiger charge is -2.17. The summed E-state index contributed by atoms with van der Waals surface area (Å²) in [4.78, 5) is 14.2. The van der Waals surface area contributed by atoms with E-state index < -0.39 is 10.0 Å². The number of carbonyl (C=O) groups is 1. The van der Waals surface area contributed by atoms with E-state index in [-0.39, 0.29) is 17.3 Å². The summed E-state index contributed by atoms with van der Waals surface area (Å²) in [5, 5.41) is 2.73. The minimum absolute atomic E-state index is 0.134. The van der Waals surface area contributed by atoms with Crippen LogP contribution < -0.4 is 10.1 Å². The number of ether oxygens (including phenoxy) is 1. The lowest BCUT2D eigenvalue weighted by atomic mass is 10.3. The van der Waals surface area contributed by atoms with Gasteiger partial charge in [-0.2, -0.15) is 0 Å². The second-order valence-corrected chi connectivity index (χ2v) is 8.41. The number of sulfonamides is 1. The number of amides is 1. The maximum Gasteiger partial charge on any atom is 0.242 e. The van der Waals surface area contributed by atoms with Crippen LogP contribution in [0, 0.1) is 0 Å². The summed E-state index contributed by atoms with van der Waals surface area (Å²) < 4.78 is 31.1. The second kappa shape index (κ2) is 9.50. The number of hydrogen-bond donors (Lipinski definition) is 1. The molecule has 0 aromatic heterocycles. The number of anilines is 1. The Morgan fingerprint density at radius 3 is 2.41 bits per heavy atom. The van der Waals surface area contributed by atoms with Crippen LogP contribution in [0.5, 0.6) is 5.75 Å². The predicted molar refractivity (Wildman–Crippen MR) is 105 cm³/mol. The number of nitrogens with one attached hydrogen (secondary N) is 1. The summed E-state index contributed by atoms with van der Waals surface area (Å²) in [5.74, 6) is 0.561. The third-order valence-electron chi connectivity index (χ3n) is 3.79. The zero-order valence-corrected chi connectivity index (χ0v) is 16.6. The van der Waals surface area contributed by atoms with Crippen LogP contribution in [0.1, 0.15) is 0 Å². The largest absolute Gasteiger partial charge is 0.492 e. The van der Waals surface area contributed by atoms with Gasteiger partial charge >= 0.3 is 0 Å². The Hall–Kier alpha value is -2.42. The van der Waals surface area contributed by atoms with Crippen LogP contribution in [0.2, 0.25) is 0 Å². The SMILES string of the molecule is CN(CCOc1ccccc1)CC(=O)Nc1cccc(S(=O)(=O)N(C)C)c1. The van der Waals surface area contributed by atoms with Crippen molar-refractivity contribution >= 4 is 21.6 Å². The first kappa shape index (κ1) is 20.9. The van der Waals surface area contributed by atoms with Crippen molar-refractivity contribution in [2.75, 3.05) is 46.2 Å². The van der Waals surface area contributed by atoms with E-state index in [0.29, 0.717) is 18.8 Å². The molecule has 0 aliphatic heterocycles. The summed E-state index contributed by atoms with van der Waals surface area (Å²) >= 11 is 0. The van der Waals surface area contributed by atoms with Crippen molar-refractivity contribution in [1.82, 2.24) is 9.21 Å². The molecule has 0 fully saturated rings. The zero-order valence-electron chi connectivity index (χ0n) is 15.8. The topological polar surface area (TPSA) is 79.0 Å². The minimum atomic E-state index is -3.54. The van der Waals surface area contributed by atoms with Gasteiger partial charge in [0.1, 0.15) is 12.4 Å². The van der Waals surface area contributed by atoms with Crippen LogP contribution >= 0.6 is 0 Å². The Balaban J connectivity index is 1.84. The van der Waals surface area contributed by atoms with E-state index in [1.807, 2.05) is 42.3 Å². The number of para-hydroxylation sites is 1. The van der Waals surface area contributed by atoms with E-state index in [1.54, 1.807) is 12.1 Å². The normalized spacial score (nSPS) is 11.6. The molecule has 7 nitrogen and oxygen atoms in total. The molecule has 0 radical (unpaired) electrons. The molecule has 0 bridgehead atoms. The van der Waals surface area contributed by atoms with Crippen LogP contribution in [-0.4, -0.2) is 64.4 Å². The fourth-order valence-electron chi connectivity index (χ4n) is 2.31. The Bertz CT molecular complexity index is 854. The summed E-state index contributed by atoms with van der Waals surface area (Å²) in [5.41, 5.74) is 0.442. The number of carbonyl (C=O) groups excluding carboxylic acids is 1. The van der Waals surface area contributed by atoms with Crippen LogP contribution in [0.4, 0.5) is 5.69 Å². The lowest BCUT2D eigenvalue weighted by Crippen LogP contribution is -2.33. The van der Waals surface area contributed by atoms with Gasteiger partial charge in [0.2, 0.25) is 15.9 Å². The fraction of sp³-hybridized carbons (Fsp3) is 0.316. The molecule has 0 saturated heterocycles. The quantitative estimate of drug-likeness (QED) is 0.706. The van der Waals surface area contributed by atoms with Gasteiger partial charge in [-0.3, -0.25) is 9.69 Å². The first-order valence-corrected chi connectivity index (χ1v) is 9.92. The zero-order chi connectivity index (χ0) is 19.9. The van der Waals surface area contributed by atoms with Crippen molar-refractivity contribution < 1.29 is 17.9 Å². The molecule has 2 aromatic carbocycles. The van der Waals surface area contributed by atoms with Crippen molar-refractivity contribution in [3.8, 4) is 5.75 Å². The number of hydrogen-bond acceptors (Lipinski definition) is 5. The molecule has 2 rings (SSSR count). The average molecular weight is 391 g/mol. The van der Waals surface area contributed by atoms with Gasteiger partial charge in [-0.15, -0.1) is 0 Å². The van der Waals surface area contributed by atoms with Gasteiger partial charge in [-0.25, -0.2) is 12.7 Å².